The van der Waals surface area contributed by atoms with Gasteiger partial charge in [0.25, 0.3) is 0 Å². The molecule has 1 fully saturated rings. The van der Waals surface area contributed by atoms with Crippen LogP contribution in [0.5, 0.6) is 0 Å². The van der Waals surface area contributed by atoms with Gasteiger partial charge in [-0.2, -0.15) is 0 Å². The molecule has 0 bridgehead atoms. The van der Waals surface area contributed by atoms with E-state index in [9.17, 15) is 9.59 Å². The molecule has 1 saturated heterocycles. The maximum atomic E-state index is 11.6. The summed E-state index contributed by atoms with van der Waals surface area (Å²) in [6.07, 6.45) is 2.79. The van der Waals surface area contributed by atoms with Crippen molar-refractivity contribution in [2.45, 2.75) is 31.3 Å². The minimum Gasteiger partial charge on any atom is -0.376 e. The zero-order chi connectivity index (χ0) is 13.6. The molecule has 1 aliphatic heterocycles. The van der Waals surface area contributed by atoms with Gasteiger partial charge in [-0.05, 0) is 19.3 Å². The van der Waals surface area contributed by atoms with Gasteiger partial charge in [0.1, 0.15) is 0 Å². The fraction of sp³-hybridized carbons (Fsp3) is 0.833. The lowest BCUT2D eigenvalue weighted by molar-refractivity contribution is -0.140. The van der Waals surface area contributed by atoms with E-state index in [-0.39, 0.29) is 30.8 Å². The summed E-state index contributed by atoms with van der Waals surface area (Å²) in [5.41, 5.74) is 4.97. The van der Waals surface area contributed by atoms with E-state index in [1.807, 2.05) is 0 Å². The summed E-state index contributed by atoms with van der Waals surface area (Å²) in [4.78, 5) is 24.7. The molecule has 3 N–H and O–H groups in total. The number of rotatable bonds is 5. The normalized spacial score (nSPS) is 22.6. The fourth-order valence-electron chi connectivity index (χ4n) is 2.38. The molecule has 0 radical (unpaired) electrons. The molecule has 1 heterocycles. The number of nitrogens with two attached hydrogens (primary N) is 1. The third-order valence-corrected chi connectivity index (χ3v) is 3.59. The lowest BCUT2D eigenvalue weighted by atomic mass is 9.87. The molecule has 112 valence electrons. The molecule has 0 spiro atoms. The highest BCUT2D eigenvalue weighted by Gasteiger charge is 2.37. The summed E-state index contributed by atoms with van der Waals surface area (Å²) in [7, 11) is 3.26. The average Bonchev–Trinajstić information content (AvgIpc) is 2.44. The first-order valence-electron chi connectivity index (χ1n) is 6.30. The van der Waals surface area contributed by atoms with Crippen LogP contribution in [0, 0.1) is 0 Å². The zero-order valence-corrected chi connectivity index (χ0v) is 12.4. The van der Waals surface area contributed by atoms with E-state index in [1.165, 1.54) is 0 Å². The average molecular weight is 294 g/mol. The summed E-state index contributed by atoms with van der Waals surface area (Å²) in [5.74, 6) is -0.0650. The van der Waals surface area contributed by atoms with Crippen LogP contribution in [0.1, 0.15) is 25.7 Å². The molecule has 6 nitrogen and oxygen atoms in total. The van der Waals surface area contributed by atoms with Gasteiger partial charge in [0.15, 0.2) is 0 Å². The molecule has 7 heteroatoms. The van der Waals surface area contributed by atoms with Crippen molar-refractivity contribution < 1.29 is 14.3 Å². The van der Waals surface area contributed by atoms with Crippen molar-refractivity contribution in [1.82, 2.24) is 10.2 Å². The van der Waals surface area contributed by atoms with Gasteiger partial charge < -0.3 is 20.7 Å². The monoisotopic (exact) mass is 293 g/mol. The number of nitrogens with one attached hydrogen (secondary N) is 1. The highest BCUT2D eigenvalue weighted by atomic mass is 35.5. The highest BCUT2D eigenvalue weighted by Crippen LogP contribution is 2.29. The van der Waals surface area contributed by atoms with E-state index >= 15 is 0 Å². The minimum absolute atomic E-state index is 0. The largest absolute Gasteiger partial charge is 0.376 e. The Balaban J connectivity index is 0.00000324. The predicted octanol–water partition coefficient (Wildman–Crippen LogP) is -0.0993. The first-order chi connectivity index (χ1) is 8.56. The molecule has 1 aliphatic rings. The quantitative estimate of drug-likeness (QED) is 0.741. The number of amides is 2. The Morgan fingerprint density at radius 3 is 2.68 bits per heavy atom. The van der Waals surface area contributed by atoms with Crippen molar-refractivity contribution in [2.75, 3.05) is 33.8 Å². The summed E-state index contributed by atoms with van der Waals surface area (Å²) < 4.78 is 5.58. The first kappa shape index (κ1) is 18.1. The maximum Gasteiger partial charge on any atom is 0.236 e. The van der Waals surface area contributed by atoms with Gasteiger partial charge in [-0.15, -0.1) is 12.4 Å². The van der Waals surface area contributed by atoms with Crippen LogP contribution >= 0.6 is 12.4 Å². The Labute approximate surface area is 120 Å². The molecular weight excluding hydrogens is 270 g/mol. The SMILES string of the molecule is CNC(=O)CCC1(OC)CCCN(C(=O)CN)C1.Cl. The molecule has 0 saturated carbocycles. The van der Waals surface area contributed by atoms with E-state index in [4.69, 9.17) is 10.5 Å². The molecule has 1 rings (SSSR count). The minimum atomic E-state index is -0.407. The van der Waals surface area contributed by atoms with Gasteiger partial charge in [-0.3, -0.25) is 9.59 Å². The molecule has 0 aromatic heterocycles. The second-order valence-corrected chi connectivity index (χ2v) is 4.68. The van der Waals surface area contributed by atoms with Gasteiger partial charge in [-0.25, -0.2) is 0 Å². The number of ether oxygens (including phenoxy) is 1. The van der Waals surface area contributed by atoms with Crippen molar-refractivity contribution >= 4 is 24.2 Å². The second-order valence-electron chi connectivity index (χ2n) is 4.68. The number of piperidine rings is 1. The number of carbonyl (C=O) groups is 2. The van der Waals surface area contributed by atoms with Gasteiger partial charge in [0, 0.05) is 33.7 Å². The molecule has 1 unspecified atom stereocenters. The Bertz CT molecular complexity index is 315. The summed E-state index contributed by atoms with van der Waals surface area (Å²) in [6, 6.07) is 0. The number of methoxy groups -OCH3 is 1. The summed E-state index contributed by atoms with van der Waals surface area (Å²) >= 11 is 0. The maximum absolute atomic E-state index is 11.6. The molecule has 0 aromatic carbocycles. The number of halogens is 1. The first-order valence-corrected chi connectivity index (χ1v) is 6.30. The number of likely N-dealkylation sites (tertiary alicyclic amines) is 1. The predicted molar refractivity (Wildman–Crippen MR) is 75.2 cm³/mol. The van der Waals surface area contributed by atoms with Crippen LogP contribution in [0.3, 0.4) is 0 Å². The third-order valence-electron chi connectivity index (χ3n) is 3.59. The van der Waals surface area contributed by atoms with Gasteiger partial charge >= 0.3 is 0 Å². The molecule has 1 atom stereocenters. The fourth-order valence-corrected chi connectivity index (χ4v) is 2.38. The van der Waals surface area contributed by atoms with Gasteiger partial charge in [0.2, 0.25) is 11.8 Å². The van der Waals surface area contributed by atoms with E-state index in [2.05, 4.69) is 5.32 Å². The highest BCUT2D eigenvalue weighted by molar-refractivity contribution is 5.85. The number of hydrogen-bond donors (Lipinski definition) is 2. The molecule has 19 heavy (non-hydrogen) atoms. The lowest BCUT2D eigenvalue weighted by Crippen LogP contribution is -2.53. The van der Waals surface area contributed by atoms with E-state index in [0.29, 0.717) is 19.4 Å². The topological polar surface area (TPSA) is 84.7 Å². The Morgan fingerprint density at radius 1 is 1.47 bits per heavy atom. The molecule has 2 amide bonds. The number of hydrogen-bond acceptors (Lipinski definition) is 4. The van der Waals surface area contributed by atoms with Gasteiger partial charge in [-0.1, -0.05) is 0 Å². The van der Waals surface area contributed by atoms with Crippen LogP contribution < -0.4 is 11.1 Å². The smallest absolute Gasteiger partial charge is 0.236 e. The zero-order valence-electron chi connectivity index (χ0n) is 11.6. The second kappa shape index (κ2) is 8.35. The Kier molecular flexibility index (Phi) is 7.97. The Morgan fingerprint density at radius 2 is 2.16 bits per heavy atom. The molecular formula is C12H24ClN3O3. The van der Waals surface area contributed by atoms with E-state index in [0.717, 1.165) is 19.4 Å². The Hall–Kier alpha value is -0.850. The van der Waals surface area contributed by atoms with Crippen molar-refractivity contribution in [1.29, 1.82) is 0 Å². The lowest BCUT2D eigenvalue weighted by Gasteiger charge is -2.41. The van der Waals surface area contributed by atoms with E-state index in [1.54, 1.807) is 19.1 Å². The number of carbonyl (C=O) groups excluding carboxylic acids is 2. The summed E-state index contributed by atoms with van der Waals surface area (Å²) in [6.45, 7) is 1.27. The standard InChI is InChI=1S/C12H23N3O3.ClH/c1-14-10(16)4-6-12(18-2)5-3-7-15(9-12)11(17)8-13;/h3-9,13H2,1-2H3,(H,14,16);1H. The summed E-state index contributed by atoms with van der Waals surface area (Å²) in [5, 5.41) is 2.60. The van der Waals surface area contributed by atoms with Crippen LogP contribution in [0.2, 0.25) is 0 Å². The van der Waals surface area contributed by atoms with Gasteiger partial charge in [0.05, 0.1) is 12.1 Å². The van der Waals surface area contributed by atoms with Crippen LogP contribution in [-0.2, 0) is 14.3 Å². The van der Waals surface area contributed by atoms with Crippen LogP contribution in [0.25, 0.3) is 0 Å². The van der Waals surface area contributed by atoms with Crippen molar-refractivity contribution in [3.63, 3.8) is 0 Å². The van der Waals surface area contributed by atoms with Crippen LogP contribution in [0.15, 0.2) is 0 Å². The van der Waals surface area contributed by atoms with E-state index < -0.39 is 5.60 Å². The number of nitrogens with zero attached hydrogens (tertiary/aromatic N) is 1. The molecule has 0 aromatic rings. The van der Waals surface area contributed by atoms with Crippen LogP contribution in [-0.4, -0.2) is 56.1 Å². The van der Waals surface area contributed by atoms with Crippen molar-refractivity contribution in [2.24, 2.45) is 5.73 Å². The van der Waals surface area contributed by atoms with Crippen molar-refractivity contribution in [3.05, 3.63) is 0 Å². The third kappa shape index (κ3) is 4.97. The van der Waals surface area contributed by atoms with Crippen molar-refractivity contribution in [3.8, 4) is 0 Å². The molecule has 0 aliphatic carbocycles. The van der Waals surface area contributed by atoms with Crippen LogP contribution in [0.4, 0.5) is 0 Å².